The Morgan fingerprint density at radius 2 is 1.81 bits per heavy atom. The minimum absolute atomic E-state index is 0.0725. The normalized spacial score (nSPS) is 15.5. The summed E-state index contributed by atoms with van der Waals surface area (Å²) < 4.78 is 35.2. The van der Waals surface area contributed by atoms with Gasteiger partial charge < -0.3 is 14.1 Å². The molecular weight excluding hydrogens is 374 g/mol. The lowest BCUT2D eigenvalue weighted by Gasteiger charge is -2.27. The minimum atomic E-state index is -3.25. The first-order chi connectivity index (χ1) is 12.4. The second-order valence-corrected chi connectivity index (χ2v) is 9.05. The molecule has 1 fully saturated rings. The van der Waals surface area contributed by atoms with Crippen molar-refractivity contribution >= 4 is 37.3 Å². The third-order valence-corrected chi connectivity index (χ3v) is 6.45. The maximum atomic E-state index is 12.5. The first-order valence-corrected chi connectivity index (χ1v) is 10.9. The molecule has 6 nitrogen and oxygen atoms in total. The van der Waals surface area contributed by atoms with E-state index in [1.807, 2.05) is 10.3 Å². The summed E-state index contributed by atoms with van der Waals surface area (Å²) in [6.07, 6.45) is 1.18. The maximum Gasteiger partial charge on any atom is 0.204 e. The highest BCUT2D eigenvalue weighted by molar-refractivity contribution is 7.90. The molecule has 0 aliphatic carbocycles. The molecular formula is C18H17NO5S2. The minimum Gasteiger partial charge on any atom is -0.439 e. The third-order valence-electron chi connectivity index (χ3n) is 4.35. The quantitative estimate of drug-likeness (QED) is 0.683. The zero-order chi connectivity index (χ0) is 18.3. The van der Waals surface area contributed by atoms with Crippen molar-refractivity contribution < 1.29 is 17.6 Å². The van der Waals surface area contributed by atoms with Gasteiger partial charge in [0.05, 0.1) is 18.1 Å². The summed E-state index contributed by atoms with van der Waals surface area (Å²) in [4.78, 5) is 14.7. The molecule has 0 saturated carbocycles. The number of nitrogens with zero attached hydrogens (tertiary/aromatic N) is 1. The van der Waals surface area contributed by atoms with Gasteiger partial charge in [0.25, 0.3) is 0 Å². The van der Waals surface area contributed by atoms with Crippen LogP contribution in [-0.2, 0) is 14.6 Å². The molecule has 0 amide bonds. The molecule has 1 aromatic carbocycles. The van der Waals surface area contributed by atoms with Gasteiger partial charge in [0.15, 0.2) is 21.3 Å². The number of hydrogen-bond donors (Lipinski definition) is 0. The van der Waals surface area contributed by atoms with E-state index in [0.717, 1.165) is 11.1 Å². The van der Waals surface area contributed by atoms with Crippen LogP contribution in [0.5, 0.6) is 0 Å². The van der Waals surface area contributed by atoms with Gasteiger partial charge in [0.1, 0.15) is 4.70 Å². The maximum absolute atomic E-state index is 12.5. The van der Waals surface area contributed by atoms with Crippen molar-refractivity contribution in [3.05, 3.63) is 45.9 Å². The van der Waals surface area contributed by atoms with Crippen molar-refractivity contribution in [2.45, 2.75) is 4.90 Å². The van der Waals surface area contributed by atoms with E-state index >= 15 is 0 Å². The van der Waals surface area contributed by atoms with E-state index < -0.39 is 9.84 Å². The van der Waals surface area contributed by atoms with E-state index in [4.69, 9.17) is 9.15 Å². The number of rotatable bonds is 3. The predicted molar refractivity (Wildman–Crippen MR) is 102 cm³/mol. The molecule has 1 saturated heterocycles. The molecule has 3 heterocycles. The fraction of sp³-hybridized carbons (Fsp3) is 0.278. The third kappa shape index (κ3) is 3.15. The Balaban J connectivity index is 1.80. The number of fused-ring (bicyclic) bond motifs is 1. The van der Waals surface area contributed by atoms with E-state index in [9.17, 15) is 13.2 Å². The van der Waals surface area contributed by atoms with Crippen LogP contribution in [0.2, 0.25) is 0 Å². The summed E-state index contributed by atoms with van der Waals surface area (Å²) in [7, 11) is -3.25. The Bertz CT molecular complexity index is 1110. The molecule has 136 valence electrons. The molecule has 1 aliphatic heterocycles. The Labute approximate surface area is 154 Å². The Hall–Kier alpha value is -2.16. The Kier molecular flexibility index (Phi) is 4.34. The van der Waals surface area contributed by atoms with E-state index in [-0.39, 0.29) is 10.3 Å². The van der Waals surface area contributed by atoms with Crippen molar-refractivity contribution in [1.82, 2.24) is 0 Å². The molecule has 1 aliphatic rings. The summed E-state index contributed by atoms with van der Waals surface area (Å²) in [6.45, 7) is 2.56. The first kappa shape index (κ1) is 17.3. The van der Waals surface area contributed by atoms with Gasteiger partial charge in [-0.25, -0.2) is 8.42 Å². The summed E-state index contributed by atoms with van der Waals surface area (Å²) in [5.41, 5.74) is 2.07. The second kappa shape index (κ2) is 6.53. The average Bonchev–Trinajstić information content (AvgIpc) is 3.06. The summed E-state index contributed by atoms with van der Waals surface area (Å²) >= 11 is 1.33. The van der Waals surface area contributed by atoms with Crippen molar-refractivity contribution in [3.8, 4) is 11.1 Å². The lowest BCUT2D eigenvalue weighted by molar-refractivity contribution is 0.121. The van der Waals surface area contributed by atoms with Crippen LogP contribution >= 0.6 is 11.3 Å². The van der Waals surface area contributed by atoms with E-state index in [1.54, 1.807) is 24.3 Å². The van der Waals surface area contributed by atoms with Crippen LogP contribution in [0.4, 0.5) is 5.88 Å². The van der Waals surface area contributed by atoms with Crippen molar-refractivity contribution in [1.29, 1.82) is 0 Å². The number of morpholine rings is 1. The molecule has 0 bridgehead atoms. The smallest absolute Gasteiger partial charge is 0.204 e. The fourth-order valence-corrected chi connectivity index (χ4v) is 4.49. The lowest BCUT2D eigenvalue weighted by atomic mass is 10.1. The Morgan fingerprint density at radius 3 is 2.46 bits per heavy atom. The first-order valence-electron chi connectivity index (χ1n) is 8.12. The lowest BCUT2D eigenvalue weighted by Crippen LogP contribution is -2.36. The zero-order valence-electron chi connectivity index (χ0n) is 14.1. The van der Waals surface area contributed by atoms with Crippen LogP contribution in [0.25, 0.3) is 21.4 Å². The second-order valence-electron chi connectivity index (χ2n) is 6.15. The highest BCUT2D eigenvalue weighted by Crippen LogP contribution is 2.35. The van der Waals surface area contributed by atoms with Crippen LogP contribution < -0.4 is 10.3 Å². The van der Waals surface area contributed by atoms with Gasteiger partial charge in [-0.2, -0.15) is 0 Å². The molecule has 4 rings (SSSR count). The van der Waals surface area contributed by atoms with E-state index in [1.165, 1.54) is 23.7 Å². The van der Waals surface area contributed by atoms with Crippen molar-refractivity contribution in [2.24, 2.45) is 0 Å². The summed E-state index contributed by atoms with van der Waals surface area (Å²) in [5, 5.41) is 1.87. The summed E-state index contributed by atoms with van der Waals surface area (Å²) in [6, 6.07) is 8.13. The van der Waals surface area contributed by atoms with Gasteiger partial charge >= 0.3 is 0 Å². The highest BCUT2D eigenvalue weighted by atomic mass is 32.2. The summed E-state index contributed by atoms with van der Waals surface area (Å²) in [5.74, 6) is 0.540. The van der Waals surface area contributed by atoms with E-state index in [0.29, 0.717) is 42.5 Å². The van der Waals surface area contributed by atoms with Gasteiger partial charge in [-0.05, 0) is 17.7 Å². The standard InChI is InChI=1S/C18H17NO5S2/c1-26(21,22)13-4-2-12(3-5-13)14-11-25-18-15(20)10-16(24-17(14)18)19-6-8-23-9-7-19/h2-5,10-11H,6-9H2,1H3. The molecule has 0 radical (unpaired) electrons. The molecule has 0 spiro atoms. The monoisotopic (exact) mass is 391 g/mol. The van der Waals surface area contributed by atoms with Gasteiger partial charge in [0, 0.05) is 36.4 Å². The van der Waals surface area contributed by atoms with Gasteiger partial charge in [-0.1, -0.05) is 12.1 Å². The zero-order valence-corrected chi connectivity index (χ0v) is 15.7. The molecule has 2 aromatic heterocycles. The SMILES string of the molecule is CS(=O)(=O)c1ccc(-c2csc3c(=O)cc(N4CCOCC4)oc23)cc1. The average molecular weight is 391 g/mol. The van der Waals surface area contributed by atoms with Crippen LogP contribution in [0.15, 0.2) is 49.8 Å². The topological polar surface area (TPSA) is 76.8 Å². The molecule has 0 atom stereocenters. The van der Waals surface area contributed by atoms with Crippen molar-refractivity contribution in [2.75, 3.05) is 37.5 Å². The number of hydrogen-bond acceptors (Lipinski definition) is 7. The Morgan fingerprint density at radius 1 is 1.12 bits per heavy atom. The molecule has 3 aromatic rings. The van der Waals surface area contributed by atoms with Crippen molar-refractivity contribution in [3.63, 3.8) is 0 Å². The van der Waals surface area contributed by atoms with Crippen LogP contribution in [-0.4, -0.2) is 41.0 Å². The van der Waals surface area contributed by atoms with E-state index in [2.05, 4.69) is 0 Å². The number of benzene rings is 1. The van der Waals surface area contributed by atoms with Crippen LogP contribution in [0, 0.1) is 0 Å². The molecule has 0 unspecified atom stereocenters. The van der Waals surface area contributed by atoms with Gasteiger partial charge in [-0.15, -0.1) is 11.3 Å². The van der Waals surface area contributed by atoms with Crippen LogP contribution in [0.1, 0.15) is 0 Å². The molecule has 26 heavy (non-hydrogen) atoms. The number of ether oxygens (including phenoxy) is 1. The predicted octanol–water partition coefficient (Wildman–Crippen LogP) is 2.76. The number of anilines is 1. The van der Waals surface area contributed by atoms with Crippen LogP contribution in [0.3, 0.4) is 0 Å². The fourth-order valence-electron chi connectivity index (χ4n) is 2.95. The highest BCUT2D eigenvalue weighted by Gasteiger charge is 2.19. The number of thiophene rings is 1. The number of sulfone groups is 1. The van der Waals surface area contributed by atoms with Gasteiger partial charge in [-0.3, -0.25) is 4.79 Å². The molecule has 8 heteroatoms. The van der Waals surface area contributed by atoms with Gasteiger partial charge in [0.2, 0.25) is 5.43 Å². The molecule has 0 N–H and O–H groups in total. The largest absolute Gasteiger partial charge is 0.439 e.